The Bertz CT molecular complexity index is 285. The highest BCUT2D eigenvalue weighted by molar-refractivity contribution is 5.75. The SMILES string of the molecule is COCOCCC=C1CCC2CC1OC2=O. The second-order valence-electron chi connectivity index (χ2n) is 4.28. The molecule has 0 aromatic carbocycles. The van der Waals surface area contributed by atoms with Gasteiger partial charge in [0.1, 0.15) is 12.9 Å². The third-order valence-corrected chi connectivity index (χ3v) is 3.16. The minimum Gasteiger partial charge on any atom is -0.458 e. The van der Waals surface area contributed by atoms with E-state index in [-0.39, 0.29) is 18.0 Å². The van der Waals surface area contributed by atoms with Crippen LogP contribution in [0.25, 0.3) is 0 Å². The van der Waals surface area contributed by atoms with Crippen LogP contribution in [0.15, 0.2) is 11.6 Å². The van der Waals surface area contributed by atoms with E-state index in [0.29, 0.717) is 13.4 Å². The van der Waals surface area contributed by atoms with Crippen LogP contribution >= 0.6 is 0 Å². The number of hydrogen-bond donors (Lipinski definition) is 0. The van der Waals surface area contributed by atoms with Gasteiger partial charge >= 0.3 is 5.97 Å². The van der Waals surface area contributed by atoms with Gasteiger partial charge in [-0.05, 0) is 24.8 Å². The molecule has 1 heterocycles. The first-order valence-corrected chi connectivity index (χ1v) is 5.77. The van der Waals surface area contributed by atoms with Crippen LogP contribution in [0.1, 0.15) is 25.7 Å². The Labute approximate surface area is 95.6 Å². The molecule has 2 unspecified atom stereocenters. The van der Waals surface area contributed by atoms with E-state index in [1.807, 2.05) is 0 Å². The molecule has 0 amide bonds. The first-order chi connectivity index (χ1) is 7.81. The Kier molecular flexibility index (Phi) is 3.96. The Morgan fingerprint density at radius 3 is 3.25 bits per heavy atom. The number of esters is 1. The standard InChI is InChI=1S/C12H18O4/c1-14-8-15-6-2-3-9-4-5-10-7-11(9)16-12(10)13/h3,10-11H,2,4-8H2,1H3. The maximum Gasteiger partial charge on any atom is 0.309 e. The Hall–Kier alpha value is -0.870. The third-order valence-electron chi connectivity index (χ3n) is 3.16. The van der Waals surface area contributed by atoms with Gasteiger partial charge in [-0.25, -0.2) is 0 Å². The Morgan fingerprint density at radius 2 is 2.44 bits per heavy atom. The molecule has 90 valence electrons. The van der Waals surface area contributed by atoms with Crippen LogP contribution in [0.2, 0.25) is 0 Å². The van der Waals surface area contributed by atoms with E-state index in [1.165, 1.54) is 5.57 Å². The molecule has 16 heavy (non-hydrogen) atoms. The number of methoxy groups -OCH3 is 1. The van der Waals surface area contributed by atoms with Crippen LogP contribution < -0.4 is 0 Å². The minimum absolute atomic E-state index is 0.0102. The summed E-state index contributed by atoms with van der Waals surface area (Å²) in [5.41, 5.74) is 1.27. The fourth-order valence-electron chi connectivity index (χ4n) is 2.31. The van der Waals surface area contributed by atoms with E-state index < -0.39 is 0 Å². The van der Waals surface area contributed by atoms with Crippen LogP contribution in [0, 0.1) is 5.92 Å². The van der Waals surface area contributed by atoms with E-state index in [1.54, 1.807) is 7.11 Å². The lowest BCUT2D eigenvalue weighted by Crippen LogP contribution is -2.14. The highest BCUT2D eigenvalue weighted by atomic mass is 16.7. The van der Waals surface area contributed by atoms with Crippen molar-refractivity contribution >= 4 is 5.97 Å². The summed E-state index contributed by atoms with van der Waals surface area (Å²) in [6.07, 6.45) is 5.87. The van der Waals surface area contributed by atoms with E-state index >= 15 is 0 Å². The Balaban J connectivity index is 1.77. The predicted octanol–water partition coefficient (Wildman–Crippen LogP) is 1.65. The van der Waals surface area contributed by atoms with Crippen molar-refractivity contribution in [1.29, 1.82) is 0 Å². The van der Waals surface area contributed by atoms with Gasteiger partial charge in [0.2, 0.25) is 0 Å². The zero-order valence-electron chi connectivity index (χ0n) is 9.61. The fraction of sp³-hybridized carbons (Fsp3) is 0.750. The Morgan fingerprint density at radius 1 is 1.56 bits per heavy atom. The molecule has 0 spiro atoms. The van der Waals surface area contributed by atoms with Crippen LogP contribution in [-0.4, -0.2) is 32.6 Å². The van der Waals surface area contributed by atoms with Gasteiger partial charge in [0, 0.05) is 13.5 Å². The molecule has 4 nitrogen and oxygen atoms in total. The molecule has 0 N–H and O–H groups in total. The van der Waals surface area contributed by atoms with E-state index in [4.69, 9.17) is 14.2 Å². The van der Waals surface area contributed by atoms with Gasteiger partial charge in [-0.3, -0.25) is 4.79 Å². The van der Waals surface area contributed by atoms with Crippen molar-refractivity contribution in [1.82, 2.24) is 0 Å². The molecule has 0 aromatic heterocycles. The van der Waals surface area contributed by atoms with Crippen LogP contribution in [0.3, 0.4) is 0 Å². The monoisotopic (exact) mass is 226 g/mol. The van der Waals surface area contributed by atoms with Gasteiger partial charge in [-0.1, -0.05) is 6.08 Å². The molecule has 0 radical (unpaired) electrons. The van der Waals surface area contributed by atoms with Gasteiger partial charge in [-0.15, -0.1) is 0 Å². The largest absolute Gasteiger partial charge is 0.458 e. The number of rotatable bonds is 5. The molecule has 2 aliphatic rings. The van der Waals surface area contributed by atoms with Gasteiger partial charge < -0.3 is 14.2 Å². The van der Waals surface area contributed by atoms with Crippen molar-refractivity contribution in [2.45, 2.75) is 31.8 Å². The summed E-state index contributed by atoms with van der Waals surface area (Å²) >= 11 is 0. The zero-order valence-corrected chi connectivity index (χ0v) is 9.61. The first kappa shape index (κ1) is 11.6. The summed E-state index contributed by atoms with van der Waals surface area (Å²) in [6.45, 7) is 0.991. The molecule has 4 heteroatoms. The van der Waals surface area contributed by atoms with Crippen LogP contribution in [0.5, 0.6) is 0 Å². The summed E-state index contributed by atoms with van der Waals surface area (Å²) < 4.78 is 15.3. The normalized spacial score (nSPS) is 30.8. The summed E-state index contributed by atoms with van der Waals surface area (Å²) in [4.78, 5) is 11.3. The summed E-state index contributed by atoms with van der Waals surface area (Å²) in [5, 5.41) is 0. The van der Waals surface area contributed by atoms with Gasteiger partial charge in [-0.2, -0.15) is 0 Å². The number of fused-ring (bicyclic) bond motifs is 2. The number of carbonyl (C=O) groups excluding carboxylic acids is 1. The number of carbonyl (C=O) groups is 1. The fourth-order valence-corrected chi connectivity index (χ4v) is 2.31. The van der Waals surface area contributed by atoms with Crippen molar-refractivity contribution in [2.75, 3.05) is 20.5 Å². The van der Waals surface area contributed by atoms with Crippen LogP contribution in [-0.2, 0) is 19.0 Å². The van der Waals surface area contributed by atoms with Crippen molar-refractivity contribution in [3.8, 4) is 0 Å². The van der Waals surface area contributed by atoms with Crippen molar-refractivity contribution in [3.63, 3.8) is 0 Å². The molecule has 2 rings (SSSR count). The molecule has 1 saturated heterocycles. The molecule has 0 aromatic rings. The average Bonchev–Trinajstić information content (AvgIpc) is 2.58. The third kappa shape index (κ3) is 2.62. The molecule has 2 bridgehead atoms. The first-order valence-electron chi connectivity index (χ1n) is 5.77. The maximum absolute atomic E-state index is 11.3. The maximum atomic E-state index is 11.3. The van der Waals surface area contributed by atoms with Crippen molar-refractivity contribution in [3.05, 3.63) is 11.6 Å². The zero-order chi connectivity index (χ0) is 11.4. The summed E-state index contributed by atoms with van der Waals surface area (Å²) in [5.74, 6) is 0.149. The van der Waals surface area contributed by atoms with Crippen molar-refractivity contribution in [2.24, 2.45) is 5.92 Å². The number of ether oxygens (including phenoxy) is 3. The van der Waals surface area contributed by atoms with Gasteiger partial charge in [0.25, 0.3) is 0 Å². The van der Waals surface area contributed by atoms with E-state index in [2.05, 4.69) is 6.08 Å². The molecular weight excluding hydrogens is 208 g/mol. The quantitative estimate of drug-likeness (QED) is 0.309. The van der Waals surface area contributed by atoms with Gasteiger partial charge in [0.15, 0.2) is 0 Å². The van der Waals surface area contributed by atoms with E-state index in [9.17, 15) is 4.79 Å². The molecule has 1 aliphatic heterocycles. The molecule has 1 aliphatic carbocycles. The lowest BCUT2D eigenvalue weighted by atomic mass is 9.86. The molecule has 2 atom stereocenters. The minimum atomic E-state index is -0.0102. The smallest absolute Gasteiger partial charge is 0.309 e. The summed E-state index contributed by atoms with van der Waals surface area (Å²) in [6, 6.07) is 0. The van der Waals surface area contributed by atoms with Gasteiger partial charge in [0.05, 0.1) is 12.5 Å². The van der Waals surface area contributed by atoms with Crippen molar-refractivity contribution < 1.29 is 19.0 Å². The second-order valence-corrected chi connectivity index (χ2v) is 4.28. The topological polar surface area (TPSA) is 44.8 Å². The molecule has 1 saturated carbocycles. The van der Waals surface area contributed by atoms with E-state index in [0.717, 1.165) is 25.7 Å². The number of hydrogen-bond acceptors (Lipinski definition) is 4. The predicted molar refractivity (Wildman–Crippen MR) is 57.7 cm³/mol. The lowest BCUT2D eigenvalue weighted by molar-refractivity contribution is -0.142. The highest BCUT2D eigenvalue weighted by Crippen LogP contribution is 2.37. The van der Waals surface area contributed by atoms with Crippen LogP contribution in [0.4, 0.5) is 0 Å². The summed E-state index contributed by atoms with van der Waals surface area (Å²) in [7, 11) is 1.61. The molecular formula is C12H18O4. The second kappa shape index (κ2) is 5.46. The molecule has 2 fully saturated rings. The lowest BCUT2D eigenvalue weighted by Gasteiger charge is -2.18. The average molecular weight is 226 g/mol. The highest BCUT2D eigenvalue weighted by Gasteiger charge is 2.39.